The Morgan fingerprint density at radius 1 is 1.11 bits per heavy atom. The van der Waals surface area contributed by atoms with Crippen molar-refractivity contribution in [1.29, 1.82) is 0 Å². The van der Waals surface area contributed by atoms with Crippen LogP contribution in [0.5, 0.6) is 5.75 Å². The second-order valence-corrected chi connectivity index (χ2v) is 8.50. The molecule has 0 radical (unpaired) electrons. The maximum Gasteiger partial charge on any atom is 0.276 e. The van der Waals surface area contributed by atoms with Gasteiger partial charge in [-0.2, -0.15) is 18.4 Å². The number of aryl methyl sites for hydroxylation is 2. The van der Waals surface area contributed by atoms with Crippen molar-refractivity contribution in [3.8, 4) is 5.75 Å². The molecule has 28 heavy (non-hydrogen) atoms. The minimum absolute atomic E-state index is 0.219. The second-order valence-electron chi connectivity index (χ2n) is 6.87. The Hall–Kier alpha value is -2.38. The molecule has 6 nitrogen and oxygen atoms in total. The molecule has 0 saturated carbocycles. The van der Waals surface area contributed by atoms with Gasteiger partial charge in [-0.15, -0.1) is 0 Å². The zero-order valence-electron chi connectivity index (χ0n) is 17.2. The molecule has 0 aliphatic carbocycles. The van der Waals surface area contributed by atoms with Crippen molar-refractivity contribution in [2.24, 2.45) is 5.10 Å². The molecule has 0 heterocycles. The molecule has 0 aromatic heterocycles. The van der Waals surface area contributed by atoms with E-state index in [2.05, 4.69) is 28.7 Å². The fourth-order valence-electron chi connectivity index (χ4n) is 2.86. The van der Waals surface area contributed by atoms with Crippen molar-refractivity contribution in [2.75, 3.05) is 13.1 Å². The first-order valence-electron chi connectivity index (χ1n) is 9.35. The number of sulfonamides is 1. The van der Waals surface area contributed by atoms with E-state index in [-0.39, 0.29) is 10.6 Å². The van der Waals surface area contributed by atoms with Crippen LogP contribution in [0.15, 0.2) is 46.4 Å². The standard InChI is InChI=1S/C21H29N3O3S/c1-6-24(7-2)14-19-13-18(10-11-20(19)25)17(5)22-23-28(26,27)21-12-15(3)8-9-16(21)4/h8-13,23,25H,6-7,14H2,1-5H3/b22-17+. The summed E-state index contributed by atoms with van der Waals surface area (Å²) in [6.07, 6.45) is 0. The molecule has 0 amide bonds. The monoisotopic (exact) mass is 403 g/mol. The number of nitrogens with one attached hydrogen (secondary N) is 1. The third-order valence-electron chi connectivity index (χ3n) is 4.75. The van der Waals surface area contributed by atoms with Crippen LogP contribution < -0.4 is 4.83 Å². The van der Waals surface area contributed by atoms with E-state index in [1.54, 1.807) is 38.1 Å². The van der Waals surface area contributed by atoms with Crippen molar-refractivity contribution < 1.29 is 13.5 Å². The van der Waals surface area contributed by atoms with Gasteiger partial charge in [0.05, 0.1) is 10.6 Å². The number of phenolic OH excluding ortho intramolecular Hbond substituents is 1. The number of hydrogen-bond donors (Lipinski definition) is 2. The lowest BCUT2D eigenvalue weighted by Gasteiger charge is -2.19. The fraction of sp³-hybridized carbons (Fsp3) is 0.381. The summed E-state index contributed by atoms with van der Waals surface area (Å²) in [7, 11) is -3.76. The van der Waals surface area contributed by atoms with Crippen LogP contribution >= 0.6 is 0 Å². The van der Waals surface area contributed by atoms with E-state index in [0.717, 1.165) is 29.8 Å². The highest BCUT2D eigenvalue weighted by Crippen LogP contribution is 2.21. The van der Waals surface area contributed by atoms with Crippen LogP contribution in [0.4, 0.5) is 0 Å². The molecule has 2 rings (SSSR count). The number of hydrogen-bond acceptors (Lipinski definition) is 5. The number of benzene rings is 2. The Balaban J connectivity index is 2.27. The summed E-state index contributed by atoms with van der Waals surface area (Å²) in [4.78, 5) is 4.73. The van der Waals surface area contributed by atoms with Gasteiger partial charge in [-0.1, -0.05) is 26.0 Å². The first kappa shape index (κ1) is 21.9. The second kappa shape index (κ2) is 9.21. The average molecular weight is 404 g/mol. The quantitative estimate of drug-likeness (QED) is 0.522. The van der Waals surface area contributed by atoms with E-state index in [9.17, 15) is 13.5 Å². The van der Waals surface area contributed by atoms with Crippen LogP contribution in [0, 0.1) is 13.8 Å². The molecule has 0 saturated heterocycles. The summed E-state index contributed by atoms with van der Waals surface area (Å²) in [6, 6.07) is 10.5. The highest BCUT2D eigenvalue weighted by molar-refractivity contribution is 7.89. The lowest BCUT2D eigenvalue weighted by atomic mass is 10.1. The van der Waals surface area contributed by atoms with E-state index >= 15 is 0 Å². The maximum atomic E-state index is 12.6. The molecular formula is C21H29N3O3S. The summed E-state index contributed by atoms with van der Waals surface area (Å²) < 4.78 is 25.2. The number of nitrogens with zero attached hydrogens (tertiary/aromatic N) is 2. The number of aromatic hydroxyl groups is 1. The Morgan fingerprint density at radius 3 is 2.43 bits per heavy atom. The van der Waals surface area contributed by atoms with Gasteiger partial charge in [0.25, 0.3) is 10.0 Å². The molecule has 152 valence electrons. The summed E-state index contributed by atoms with van der Waals surface area (Å²) in [6.45, 7) is 11.8. The van der Waals surface area contributed by atoms with Gasteiger partial charge in [-0.25, -0.2) is 0 Å². The third kappa shape index (κ3) is 5.33. The predicted molar refractivity (Wildman–Crippen MR) is 113 cm³/mol. The van der Waals surface area contributed by atoms with Gasteiger partial charge in [-0.3, -0.25) is 4.90 Å². The maximum absolute atomic E-state index is 12.6. The Morgan fingerprint density at radius 2 is 1.79 bits per heavy atom. The molecule has 2 aromatic carbocycles. The molecule has 0 aliphatic rings. The third-order valence-corrected chi connectivity index (χ3v) is 6.10. The molecule has 0 unspecified atom stereocenters. The van der Waals surface area contributed by atoms with Gasteiger partial charge in [0.1, 0.15) is 5.75 Å². The molecule has 0 bridgehead atoms. The van der Waals surface area contributed by atoms with Crippen molar-refractivity contribution in [3.05, 3.63) is 58.7 Å². The van der Waals surface area contributed by atoms with E-state index in [1.807, 2.05) is 19.1 Å². The van der Waals surface area contributed by atoms with Gasteiger partial charge in [0, 0.05) is 12.1 Å². The number of rotatable bonds is 8. The van der Waals surface area contributed by atoms with Gasteiger partial charge in [0.2, 0.25) is 0 Å². The average Bonchev–Trinajstić information content (AvgIpc) is 2.67. The van der Waals surface area contributed by atoms with Gasteiger partial charge < -0.3 is 5.11 Å². The molecule has 2 aromatic rings. The van der Waals surface area contributed by atoms with E-state index < -0.39 is 10.0 Å². The predicted octanol–water partition coefficient (Wildman–Crippen LogP) is 3.55. The van der Waals surface area contributed by atoms with E-state index in [4.69, 9.17) is 0 Å². The number of hydrazone groups is 1. The molecule has 7 heteroatoms. The topological polar surface area (TPSA) is 82.0 Å². The van der Waals surface area contributed by atoms with Crippen LogP contribution in [0.25, 0.3) is 0 Å². The smallest absolute Gasteiger partial charge is 0.276 e. The van der Waals surface area contributed by atoms with Crippen molar-refractivity contribution in [3.63, 3.8) is 0 Å². The van der Waals surface area contributed by atoms with Crippen LogP contribution in [0.1, 0.15) is 43.0 Å². The van der Waals surface area contributed by atoms with Crippen LogP contribution in [0.3, 0.4) is 0 Å². The summed E-state index contributed by atoms with van der Waals surface area (Å²) in [5.41, 5.74) is 3.59. The normalized spacial score (nSPS) is 12.4. The van der Waals surface area contributed by atoms with Crippen molar-refractivity contribution in [2.45, 2.75) is 46.1 Å². The lowest BCUT2D eigenvalue weighted by molar-refractivity contribution is 0.291. The molecule has 0 spiro atoms. The minimum Gasteiger partial charge on any atom is -0.508 e. The Bertz CT molecular complexity index is 965. The zero-order chi connectivity index (χ0) is 20.9. The summed E-state index contributed by atoms with van der Waals surface area (Å²) >= 11 is 0. The molecule has 0 fully saturated rings. The van der Waals surface area contributed by atoms with Crippen molar-refractivity contribution in [1.82, 2.24) is 9.73 Å². The number of phenols is 1. The largest absolute Gasteiger partial charge is 0.508 e. The lowest BCUT2D eigenvalue weighted by Crippen LogP contribution is -2.22. The minimum atomic E-state index is -3.76. The van der Waals surface area contributed by atoms with E-state index in [1.165, 1.54) is 0 Å². The van der Waals surface area contributed by atoms with Crippen molar-refractivity contribution >= 4 is 15.7 Å². The fourth-order valence-corrected chi connectivity index (χ4v) is 4.05. The Kier molecular flexibility index (Phi) is 7.21. The summed E-state index contributed by atoms with van der Waals surface area (Å²) in [5, 5.41) is 14.2. The molecule has 0 atom stereocenters. The first-order valence-corrected chi connectivity index (χ1v) is 10.8. The molecule has 2 N–H and O–H groups in total. The van der Waals surface area contributed by atoms with Gasteiger partial charge in [0.15, 0.2) is 0 Å². The first-order chi connectivity index (χ1) is 13.2. The van der Waals surface area contributed by atoms with Crippen LogP contribution in [-0.2, 0) is 16.6 Å². The molecule has 0 aliphatic heterocycles. The highest BCUT2D eigenvalue weighted by atomic mass is 32.2. The van der Waals surface area contributed by atoms with E-state index in [0.29, 0.717) is 17.8 Å². The summed E-state index contributed by atoms with van der Waals surface area (Å²) in [5.74, 6) is 0.222. The molecular weight excluding hydrogens is 374 g/mol. The van der Waals surface area contributed by atoms with Gasteiger partial charge in [-0.05, 0) is 74.8 Å². The van der Waals surface area contributed by atoms with Crippen LogP contribution in [-0.4, -0.2) is 37.2 Å². The van der Waals surface area contributed by atoms with Crippen LogP contribution in [0.2, 0.25) is 0 Å². The SMILES string of the molecule is CCN(CC)Cc1cc(/C(C)=N/NS(=O)(=O)c2cc(C)ccc2C)ccc1O. The van der Waals surface area contributed by atoms with Gasteiger partial charge >= 0.3 is 0 Å². The Labute approximate surface area is 168 Å². The zero-order valence-corrected chi connectivity index (χ0v) is 18.0. The highest BCUT2D eigenvalue weighted by Gasteiger charge is 2.16.